The number of aromatic nitrogens is 2. The van der Waals surface area contributed by atoms with Crippen molar-refractivity contribution in [3.63, 3.8) is 0 Å². The number of hydrogen-bond acceptors (Lipinski definition) is 5. The molecule has 1 amide bonds. The summed E-state index contributed by atoms with van der Waals surface area (Å²) in [5.74, 6) is -0.556. The second-order valence-corrected chi connectivity index (χ2v) is 5.91. The molecular formula is C16H24N4O3. The molecule has 2 heterocycles. The first-order valence-corrected chi connectivity index (χ1v) is 8.10. The molecule has 0 aromatic carbocycles. The van der Waals surface area contributed by atoms with Crippen molar-refractivity contribution in [2.24, 2.45) is 5.41 Å². The van der Waals surface area contributed by atoms with Gasteiger partial charge >= 0.3 is 5.97 Å². The van der Waals surface area contributed by atoms with Crippen LogP contribution in [-0.2, 0) is 9.59 Å². The quantitative estimate of drug-likeness (QED) is 0.776. The number of likely N-dealkylation sites (tertiary alicyclic amines) is 1. The van der Waals surface area contributed by atoms with E-state index in [-0.39, 0.29) is 11.9 Å². The Labute approximate surface area is 136 Å². The average molecular weight is 320 g/mol. The van der Waals surface area contributed by atoms with E-state index in [1.54, 1.807) is 24.9 Å². The summed E-state index contributed by atoms with van der Waals surface area (Å²) in [5, 5.41) is 20.6. The van der Waals surface area contributed by atoms with Crippen molar-refractivity contribution in [3.8, 4) is 0 Å². The molecule has 0 spiro atoms. The molecule has 1 saturated heterocycles. The SMILES string of the molecule is CCC(CC)(C(=O)O)C(=O)N1CCC(Nc2cccnn2)CC1. The number of nitrogens with one attached hydrogen (secondary N) is 1. The van der Waals surface area contributed by atoms with Crippen molar-refractivity contribution in [1.82, 2.24) is 15.1 Å². The molecule has 23 heavy (non-hydrogen) atoms. The zero-order valence-corrected chi connectivity index (χ0v) is 13.7. The van der Waals surface area contributed by atoms with Gasteiger partial charge in [0.25, 0.3) is 0 Å². The minimum Gasteiger partial charge on any atom is -0.480 e. The smallest absolute Gasteiger partial charge is 0.319 e. The van der Waals surface area contributed by atoms with Gasteiger partial charge in [-0.15, -0.1) is 5.10 Å². The van der Waals surface area contributed by atoms with Gasteiger partial charge in [0.15, 0.2) is 0 Å². The number of nitrogens with zero attached hydrogens (tertiary/aromatic N) is 3. The highest BCUT2D eigenvalue weighted by atomic mass is 16.4. The predicted octanol–water partition coefficient (Wildman–Crippen LogP) is 1.77. The minimum atomic E-state index is -1.29. The van der Waals surface area contributed by atoms with Crippen molar-refractivity contribution in [2.45, 2.75) is 45.6 Å². The average Bonchev–Trinajstić information content (AvgIpc) is 2.57. The molecule has 2 rings (SSSR count). The van der Waals surface area contributed by atoms with Crippen molar-refractivity contribution in [2.75, 3.05) is 18.4 Å². The van der Waals surface area contributed by atoms with Crippen LogP contribution >= 0.6 is 0 Å². The lowest BCUT2D eigenvalue weighted by Gasteiger charge is -2.37. The van der Waals surface area contributed by atoms with Crippen molar-refractivity contribution >= 4 is 17.7 Å². The summed E-state index contributed by atoms with van der Waals surface area (Å²) in [6.07, 6.45) is 3.79. The van der Waals surface area contributed by atoms with Crippen molar-refractivity contribution in [1.29, 1.82) is 0 Å². The van der Waals surface area contributed by atoms with Crippen molar-refractivity contribution in [3.05, 3.63) is 18.3 Å². The van der Waals surface area contributed by atoms with Gasteiger partial charge < -0.3 is 15.3 Å². The lowest BCUT2D eigenvalue weighted by Crippen LogP contribution is -2.51. The molecule has 0 saturated carbocycles. The molecule has 7 heteroatoms. The van der Waals surface area contributed by atoms with Crippen LogP contribution in [0.5, 0.6) is 0 Å². The second kappa shape index (κ2) is 7.39. The molecule has 126 valence electrons. The number of hydrogen-bond donors (Lipinski definition) is 2. The molecule has 0 radical (unpaired) electrons. The lowest BCUT2D eigenvalue weighted by molar-refractivity contribution is -0.162. The van der Waals surface area contributed by atoms with E-state index in [2.05, 4.69) is 15.5 Å². The fourth-order valence-electron chi connectivity index (χ4n) is 3.06. The van der Waals surface area contributed by atoms with Crippen molar-refractivity contribution < 1.29 is 14.7 Å². The summed E-state index contributed by atoms with van der Waals surface area (Å²) in [7, 11) is 0. The molecule has 1 fully saturated rings. The topological polar surface area (TPSA) is 95.4 Å². The maximum atomic E-state index is 12.7. The maximum absolute atomic E-state index is 12.7. The third-order valence-electron chi connectivity index (χ3n) is 4.73. The molecule has 1 aliphatic heterocycles. The van der Waals surface area contributed by atoms with Gasteiger partial charge in [-0.1, -0.05) is 13.8 Å². The molecule has 0 bridgehead atoms. The van der Waals surface area contributed by atoms with E-state index in [4.69, 9.17) is 0 Å². The fraction of sp³-hybridized carbons (Fsp3) is 0.625. The van der Waals surface area contributed by atoms with E-state index < -0.39 is 11.4 Å². The van der Waals surface area contributed by atoms with E-state index in [0.29, 0.717) is 25.9 Å². The third kappa shape index (κ3) is 3.60. The minimum absolute atomic E-state index is 0.221. The summed E-state index contributed by atoms with van der Waals surface area (Å²) >= 11 is 0. The Bertz CT molecular complexity index is 538. The van der Waals surface area contributed by atoms with Crippen LogP contribution in [0.4, 0.5) is 5.82 Å². The molecule has 1 aromatic heterocycles. The van der Waals surface area contributed by atoms with E-state index in [1.165, 1.54) is 0 Å². The van der Waals surface area contributed by atoms with Gasteiger partial charge in [-0.05, 0) is 37.8 Å². The Balaban J connectivity index is 1.95. The molecule has 0 atom stereocenters. The highest BCUT2D eigenvalue weighted by molar-refractivity contribution is 6.01. The van der Waals surface area contributed by atoms with Crippen LogP contribution in [0.1, 0.15) is 39.5 Å². The number of aliphatic carboxylic acids is 1. The van der Waals surface area contributed by atoms with E-state index in [0.717, 1.165) is 18.7 Å². The third-order valence-corrected chi connectivity index (χ3v) is 4.73. The highest BCUT2D eigenvalue weighted by Gasteiger charge is 2.45. The summed E-state index contributed by atoms with van der Waals surface area (Å²) < 4.78 is 0. The number of carbonyl (C=O) groups is 2. The largest absolute Gasteiger partial charge is 0.480 e. The first-order valence-electron chi connectivity index (χ1n) is 8.10. The van der Waals surface area contributed by atoms with Gasteiger partial charge in [0.2, 0.25) is 5.91 Å². The number of rotatable bonds is 6. The first kappa shape index (κ1) is 17.2. The number of carboxylic acid groups (broad SMARTS) is 1. The highest BCUT2D eigenvalue weighted by Crippen LogP contribution is 2.31. The van der Waals surface area contributed by atoms with Crippen LogP contribution in [0.3, 0.4) is 0 Å². The maximum Gasteiger partial charge on any atom is 0.319 e. The number of piperidine rings is 1. The number of carboxylic acids is 1. The van der Waals surface area contributed by atoms with Gasteiger partial charge in [0, 0.05) is 25.3 Å². The fourth-order valence-corrected chi connectivity index (χ4v) is 3.06. The zero-order chi connectivity index (χ0) is 16.9. The summed E-state index contributed by atoms with van der Waals surface area (Å²) in [6, 6.07) is 3.89. The summed E-state index contributed by atoms with van der Waals surface area (Å²) in [5.41, 5.74) is -1.29. The Hall–Kier alpha value is -2.18. The van der Waals surface area contributed by atoms with Crippen LogP contribution in [0, 0.1) is 5.41 Å². The summed E-state index contributed by atoms with van der Waals surface area (Å²) in [6.45, 7) is 4.65. The zero-order valence-electron chi connectivity index (χ0n) is 13.7. The van der Waals surface area contributed by atoms with E-state index >= 15 is 0 Å². The number of anilines is 1. The van der Waals surface area contributed by atoms with Crippen LogP contribution < -0.4 is 5.32 Å². The Kier molecular flexibility index (Phi) is 5.52. The van der Waals surface area contributed by atoms with Gasteiger partial charge in [-0.25, -0.2) is 0 Å². The van der Waals surface area contributed by atoms with Crippen LogP contribution in [0.25, 0.3) is 0 Å². The molecule has 0 aliphatic carbocycles. The van der Waals surface area contributed by atoms with Gasteiger partial charge in [0.1, 0.15) is 11.2 Å². The Morgan fingerprint density at radius 2 is 2.00 bits per heavy atom. The molecule has 7 nitrogen and oxygen atoms in total. The van der Waals surface area contributed by atoms with Crippen LogP contribution in [0.2, 0.25) is 0 Å². The Morgan fingerprint density at radius 3 is 2.48 bits per heavy atom. The predicted molar refractivity (Wildman–Crippen MR) is 85.9 cm³/mol. The van der Waals surface area contributed by atoms with E-state index in [9.17, 15) is 14.7 Å². The molecular weight excluding hydrogens is 296 g/mol. The lowest BCUT2D eigenvalue weighted by atomic mass is 9.80. The van der Waals surface area contributed by atoms with Crippen LogP contribution in [-0.4, -0.2) is 51.2 Å². The van der Waals surface area contributed by atoms with Gasteiger partial charge in [0.05, 0.1) is 0 Å². The van der Waals surface area contributed by atoms with Gasteiger partial charge in [-0.3, -0.25) is 9.59 Å². The van der Waals surface area contributed by atoms with E-state index in [1.807, 2.05) is 12.1 Å². The molecule has 1 aromatic rings. The standard InChI is InChI=1S/C16H24N4O3/c1-3-16(4-2,15(22)23)14(21)20-10-7-12(8-11-20)18-13-6-5-9-17-19-13/h5-6,9,12H,3-4,7-8,10-11H2,1-2H3,(H,18,19)(H,22,23). The Morgan fingerprint density at radius 1 is 1.35 bits per heavy atom. The normalized spacial score (nSPS) is 16.2. The molecule has 2 N–H and O–H groups in total. The van der Waals surface area contributed by atoms with Gasteiger partial charge in [-0.2, -0.15) is 5.10 Å². The van der Waals surface area contributed by atoms with Crippen LogP contribution in [0.15, 0.2) is 18.3 Å². The molecule has 1 aliphatic rings. The number of amides is 1. The first-order chi connectivity index (χ1) is 11.0. The number of carbonyl (C=O) groups excluding carboxylic acids is 1. The summed E-state index contributed by atoms with van der Waals surface area (Å²) in [4.78, 5) is 26.0. The monoisotopic (exact) mass is 320 g/mol. The second-order valence-electron chi connectivity index (χ2n) is 5.91. The molecule has 0 unspecified atom stereocenters.